The van der Waals surface area contributed by atoms with Gasteiger partial charge in [0.1, 0.15) is 5.82 Å². The molecule has 0 atom stereocenters. The highest BCUT2D eigenvalue weighted by atomic mass is 15.0. The minimum atomic E-state index is 0.892. The number of aromatic nitrogens is 1. The van der Waals surface area contributed by atoms with E-state index in [9.17, 15) is 0 Å². The van der Waals surface area contributed by atoms with Crippen molar-refractivity contribution < 1.29 is 0 Å². The Balaban J connectivity index is 2.74. The Morgan fingerprint density at radius 2 is 2.36 bits per heavy atom. The lowest BCUT2D eigenvalue weighted by molar-refractivity contribution is 1.20. The van der Waals surface area contributed by atoms with Gasteiger partial charge in [-0.3, -0.25) is 0 Å². The summed E-state index contributed by atoms with van der Waals surface area (Å²) in [5.74, 6) is 0.892. The molecule has 1 aromatic heterocycles. The fourth-order valence-electron chi connectivity index (χ4n) is 0.881. The molecule has 1 aromatic rings. The Bertz CT molecular complexity index is 222. The van der Waals surface area contributed by atoms with Crippen molar-refractivity contribution in [2.45, 2.75) is 6.92 Å². The molecule has 0 aliphatic heterocycles. The minimum Gasteiger partial charge on any atom is -0.385 e. The molecule has 2 N–H and O–H groups in total. The van der Waals surface area contributed by atoms with Crippen LogP contribution in [0, 0.1) is 0 Å². The minimum absolute atomic E-state index is 0.892. The summed E-state index contributed by atoms with van der Waals surface area (Å²) in [6, 6.07) is 3.92. The Morgan fingerprint density at radius 1 is 1.55 bits per heavy atom. The van der Waals surface area contributed by atoms with Crippen molar-refractivity contribution in [3.63, 3.8) is 0 Å². The average Bonchev–Trinajstić information content (AvgIpc) is 2.06. The smallest absolute Gasteiger partial charge is 0.127 e. The van der Waals surface area contributed by atoms with E-state index in [0.29, 0.717) is 0 Å². The summed E-state index contributed by atoms with van der Waals surface area (Å²) < 4.78 is 0. The van der Waals surface area contributed by atoms with E-state index >= 15 is 0 Å². The molecule has 0 aliphatic carbocycles. The molecular formula is C8H13N3. The summed E-state index contributed by atoms with van der Waals surface area (Å²) in [4.78, 5) is 4.09. The van der Waals surface area contributed by atoms with E-state index in [4.69, 9.17) is 0 Å². The molecule has 0 fully saturated rings. The van der Waals surface area contributed by atoms with Crippen LogP contribution in [-0.4, -0.2) is 18.6 Å². The van der Waals surface area contributed by atoms with E-state index in [0.717, 1.165) is 18.1 Å². The maximum absolute atomic E-state index is 4.09. The topological polar surface area (TPSA) is 37.0 Å². The first-order chi connectivity index (χ1) is 5.36. The predicted molar refractivity (Wildman–Crippen MR) is 47.9 cm³/mol. The fourth-order valence-corrected chi connectivity index (χ4v) is 0.881. The summed E-state index contributed by atoms with van der Waals surface area (Å²) >= 11 is 0. The normalized spacial score (nSPS) is 9.27. The number of nitrogens with one attached hydrogen (secondary N) is 2. The Kier molecular flexibility index (Phi) is 2.72. The molecule has 1 heterocycles. The Labute approximate surface area is 66.8 Å². The van der Waals surface area contributed by atoms with Crippen LogP contribution in [0.5, 0.6) is 0 Å². The molecule has 0 aromatic carbocycles. The van der Waals surface area contributed by atoms with Crippen molar-refractivity contribution >= 4 is 11.5 Å². The summed E-state index contributed by atoms with van der Waals surface area (Å²) in [7, 11) is 1.86. The van der Waals surface area contributed by atoms with Gasteiger partial charge in [-0.2, -0.15) is 0 Å². The summed E-state index contributed by atoms with van der Waals surface area (Å²) in [6.45, 7) is 3.01. The van der Waals surface area contributed by atoms with Gasteiger partial charge in [0.25, 0.3) is 0 Å². The molecule has 0 amide bonds. The molecule has 11 heavy (non-hydrogen) atoms. The lowest BCUT2D eigenvalue weighted by atomic mass is 10.4. The monoisotopic (exact) mass is 151 g/mol. The molecule has 0 unspecified atom stereocenters. The number of pyridine rings is 1. The maximum Gasteiger partial charge on any atom is 0.127 e. The van der Waals surface area contributed by atoms with Crippen LogP contribution in [0.3, 0.4) is 0 Å². The second-order valence-electron chi connectivity index (χ2n) is 2.21. The van der Waals surface area contributed by atoms with E-state index in [1.807, 2.05) is 19.2 Å². The van der Waals surface area contributed by atoms with Gasteiger partial charge in [-0.15, -0.1) is 0 Å². The van der Waals surface area contributed by atoms with Gasteiger partial charge in [-0.25, -0.2) is 4.98 Å². The van der Waals surface area contributed by atoms with Crippen LogP contribution < -0.4 is 10.6 Å². The molecule has 3 heteroatoms. The standard InChI is InChI=1S/C8H13N3/c1-3-10-7-4-5-11-8(6-7)9-2/h4-6H,3H2,1-2H3,(H2,9,10,11). The summed E-state index contributed by atoms with van der Waals surface area (Å²) in [5, 5.41) is 6.18. The predicted octanol–water partition coefficient (Wildman–Crippen LogP) is 1.56. The zero-order valence-corrected chi connectivity index (χ0v) is 6.89. The second-order valence-corrected chi connectivity index (χ2v) is 2.21. The first-order valence-electron chi connectivity index (χ1n) is 3.74. The Morgan fingerprint density at radius 3 is 3.00 bits per heavy atom. The summed E-state index contributed by atoms with van der Waals surface area (Å²) in [6.07, 6.45) is 1.78. The third-order valence-corrected chi connectivity index (χ3v) is 1.40. The van der Waals surface area contributed by atoms with Crippen LogP contribution in [0.2, 0.25) is 0 Å². The molecule has 0 bridgehead atoms. The van der Waals surface area contributed by atoms with Crippen LogP contribution in [0.4, 0.5) is 11.5 Å². The number of hydrogen-bond acceptors (Lipinski definition) is 3. The SMILES string of the molecule is CCNc1ccnc(NC)c1. The average molecular weight is 151 g/mol. The van der Waals surface area contributed by atoms with E-state index in [-0.39, 0.29) is 0 Å². The number of rotatable bonds is 3. The van der Waals surface area contributed by atoms with Crippen molar-refractivity contribution in [1.82, 2.24) is 4.98 Å². The van der Waals surface area contributed by atoms with Crippen LogP contribution in [-0.2, 0) is 0 Å². The van der Waals surface area contributed by atoms with Gasteiger partial charge in [0, 0.05) is 31.5 Å². The number of anilines is 2. The van der Waals surface area contributed by atoms with E-state index in [1.54, 1.807) is 6.20 Å². The first-order valence-corrected chi connectivity index (χ1v) is 3.74. The quantitative estimate of drug-likeness (QED) is 0.688. The first kappa shape index (κ1) is 7.85. The lowest BCUT2D eigenvalue weighted by Crippen LogP contribution is -1.98. The van der Waals surface area contributed by atoms with Gasteiger partial charge in [0.15, 0.2) is 0 Å². The highest BCUT2D eigenvalue weighted by Gasteiger charge is 1.91. The van der Waals surface area contributed by atoms with Gasteiger partial charge in [0.2, 0.25) is 0 Å². The van der Waals surface area contributed by atoms with Crippen molar-refractivity contribution in [2.24, 2.45) is 0 Å². The van der Waals surface area contributed by atoms with Crippen LogP contribution in [0.1, 0.15) is 6.92 Å². The zero-order chi connectivity index (χ0) is 8.10. The van der Waals surface area contributed by atoms with Crippen molar-refractivity contribution in [3.8, 4) is 0 Å². The van der Waals surface area contributed by atoms with Crippen molar-refractivity contribution in [2.75, 3.05) is 24.2 Å². The summed E-state index contributed by atoms with van der Waals surface area (Å²) in [5.41, 5.74) is 1.10. The van der Waals surface area contributed by atoms with Gasteiger partial charge >= 0.3 is 0 Å². The molecule has 0 radical (unpaired) electrons. The maximum atomic E-state index is 4.09. The molecule has 0 saturated heterocycles. The van der Waals surface area contributed by atoms with Crippen LogP contribution in [0.25, 0.3) is 0 Å². The molecule has 1 rings (SSSR count). The molecule has 0 spiro atoms. The fraction of sp³-hybridized carbons (Fsp3) is 0.375. The lowest BCUT2D eigenvalue weighted by Gasteiger charge is -2.03. The van der Waals surface area contributed by atoms with Crippen molar-refractivity contribution in [3.05, 3.63) is 18.3 Å². The van der Waals surface area contributed by atoms with Crippen LogP contribution in [0.15, 0.2) is 18.3 Å². The van der Waals surface area contributed by atoms with E-state index in [1.165, 1.54) is 0 Å². The molecule has 60 valence electrons. The number of hydrogen-bond donors (Lipinski definition) is 2. The Hall–Kier alpha value is -1.25. The van der Waals surface area contributed by atoms with E-state index in [2.05, 4.69) is 22.5 Å². The third-order valence-electron chi connectivity index (χ3n) is 1.40. The van der Waals surface area contributed by atoms with E-state index < -0.39 is 0 Å². The highest BCUT2D eigenvalue weighted by Crippen LogP contribution is 2.10. The highest BCUT2D eigenvalue weighted by molar-refractivity contribution is 5.51. The van der Waals surface area contributed by atoms with Gasteiger partial charge in [-0.05, 0) is 13.0 Å². The molecule has 3 nitrogen and oxygen atoms in total. The van der Waals surface area contributed by atoms with Gasteiger partial charge < -0.3 is 10.6 Å². The largest absolute Gasteiger partial charge is 0.385 e. The molecule has 0 saturated carbocycles. The van der Waals surface area contributed by atoms with Crippen LogP contribution >= 0.6 is 0 Å². The molecular weight excluding hydrogens is 138 g/mol. The third kappa shape index (κ3) is 2.11. The zero-order valence-electron chi connectivity index (χ0n) is 6.89. The van der Waals surface area contributed by atoms with Crippen molar-refractivity contribution in [1.29, 1.82) is 0 Å². The number of nitrogens with zero attached hydrogens (tertiary/aromatic N) is 1. The second kappa shape index (κ2) is 3.81. The molecule has 0 aliphatic rings. The van der Waals surface area contributed by atoms with Gasteiger partial charge in [-0.1, -0.05) is 0 Å². The van der Waals surface area contributed by atoms with Gasteiger partial charge in [0.05, 0.1) is 0 Å².